The summed E-state index contributed by atoms with van der Waals surface area (Å²) in [6.45, 7) is 0. The Morgan fingerprint density at radius 2 is 1.72 bits per heavy atom. The molecule has 0 atom stereocenters. The molecule has 1 fully saturated rings. The number of carbonyl (C=O) groups excluding carboxylic acids is 2. The Bertz CT molecular complexity index is 1080. The summed E-state index contributed by atoms with van der Waals surface area (Å²) in [5.74, 6) is -1.47. The maximum Gasteiger partial charge on any atom is 0.341 e. The van der Waals surface area contributed by atoms with Crippen LogP contribution >= 0.6 is 11.8 Å². The fraction of sp³-hybridized carbons (Fsp3) is 0.304. The topological polar surface area (TPSA) is 127 Å². The maximum atomic E-state index is 12.9. The number of nitrogens with one attached hydrogen (secondary N) is 1. The molecule has 2 aliphatic rings. The number of para-hydroxylation sites is 1. The van der Waals surface area contributed by atoms with E-state index in [4.69, 9.17) is 15.2 Å². The average molecular weight is 453 g/mol. The Kier molecular flexibility index (Phi) is 7.73. The Labute approximate surface area is 190 Å². The first-order valence-electron chi connectivity index (χ1n) is 10.1. The summed E-state index contributed by atoms with van der Waals surface area (Å²) in [6, 6.07) is 11.6. The van der Waals surface area contributed by atoms with Gasteiger partial charge in [0, 0.05) is 5.57 Å². The lowest BCUT2D eigenvalue weighted by Crippen LogP contribution is -2.22. The lowest BCUT2D eigenvalue weighted by molar-refractivity contribution is -0.139. The number of ether oxygens (including phenoxy) is 2. The fourth-order valence-electron chi connectivity index (χ4n) is 3.67. The van der Waals surface area contributed by atoms with Crippen molar-refractivity contribution in [1.82, 2.24) is 0 Å². The molecule has 3 N–H and O–H groups in total. The number of anilines is 1. The van der Waals surface area contributed by atoms with Gasteiger partial charge in [-0.1, -0.05) is 36.4 Å². The van der Waals surface area contributed by atoms with Crippen LogP contribution in [0.15, 0.2) is 67.7 Å². The quantitative estimate of drug-likeness (QED) is 0.522. The first kappa shape index (κ1) is 23.2. The minimum atomic E-state index is -0.760. The van der Waals surface area contributed by atoms with Gasteiger partial charge in [-0.3, -0.25) is 5.43 Å². The Hall–Kier alpha value is -3.51. The lowest BCUT2D eigenvalue weighted by atomic mass is 9.84. The van der Waals surface area contributed by atoms with Crippen LogP contribution in [-0.4, -0.2) is 31.9 Å². The lowest BCUT2D eigenvalue weighted by Gasteiger charge is -2.21. The molecule has 1 aliphatic carbocycles. The van der Waals surface area contributed by atoms with Crippen molar-refractivity contribution in [3.63, 3.8) is 0 Å². The third-order valence-corrected chi connectivity index (χ3v) is 6.07. The van der Waals surface area contributed by atoms with Crippen molar-refractivity contribution in [2.24, 2.45) is 10.8 Å². The zero-order valence-electron chi connectivity index (χ0n) is 17.9. The number of thioether (sulfide) groups is 1. The molecule has 0 aromatic heterocycles. The van der Waals surface area contributed by atoms with E-state index in [0.717, 1.165) is 36.7 Å². The number of fused-ring (bicyclic) bond motifs is 1. The molecule has 1 aromatic rings. The standard InChI is InChI=1S/C23H24N4O4S/c1-30-22(28)19-15-11-7-4-8-12-16(27-26-14-9-5-3-6-10-14)18(15)17(13-24)32-21(25)20(19)23(29)31-2/h3,5-6,9-10,26H,4,7-8,11-12,25H2,1-2H3/b27-16+. The summed E-state index contributed by atoms with van der Waals surface area (Å²) in [5.41, 5.74) is 11.6. The number of allylic oxidation sites excluding steroid dienone is 3. The minimum Gasteiger partial charge on any atom is -0.465 e. The number of esters is 2. The molecule has 0 unspecified atom stereocenters. The van der Waals surface area contributed by atoms with E-state index in [1.165, 1.54) is 14.2 Å². The number of rotatable bonds is 4. The Morgan fingerprint density at radius 3 is 2.38 bits per heavy atom. The van der Waals surface area contributed by atoms with Gasteiger partial charge in [0.1, 0.15) is 16.5 Å². The summed E-state index contributed by atoms with van der Waals surface area (Å²) in [6.07, 6.45) is 3.60. The monoisotopic (exact) mass is 452 g/mol. The van der Waals surface area contributed by atoms with Gasteiger partial charge in [0.25, 0.3) is 0 Å². The first-order chi connectivity index (χ1) is 15.5. The third-order valence-electron chi connectivity index (χ3n) is 5.14. The predicted octanol–water partition coefficient (Wildman–Crippen LogP) is 3.76. The van der Waals surface area contributed by atoms with Crippen molar-refractivity contribution in [3.05, 3.63) is 62.6 Å². The summed E-state index contributed by atoms with van der Waals surface area (Å²) >= 11 is 0.935. The second kappa shape index (κ2) is 10.7. The summed E-state index contributed by atoms with van der Waals surface area (Å²) in [4.78, 5) is 25.8. The zero-order valence-corrected chi connectivity index (χ0v) is 18.8. The first-order valence-corrected chi connectivity index (χ1v) is 10.9. The molecule has 1 aromatic carbocycles. The van der Waals surface area contributed by atoms with Gasteiger partial charge in [-0.2, -0.15) is 10.4 Å². The van der Waals surface area contributed by atoms with Crippen molar-refractivity contribution in [3.8, 4) is 6.07 Å². The second-order valence-electron chi connectivity index (χ2n) is 7.09. The van der Waals surface area contributed by atoms with Crippen LogP contribution in [-0.2, 0) is 19.1 Å². The summed E-state index contributed by atoms with van der Waals surface area (Å²) in [7, 11) is 2.45. The van der Waals surface area contributed by atoms with Crippen LogP contribution in [0.25, 0.3) is 0 Å². The van der Waals surface area contributed by atoms with Gasteiger partial charge < -0.3 is 15.2 Å². The van der Waals surface area contributed by atoms with E-state index in [1.807, 2.05) is 30.3 Å². The highest BCUT2D eigenvalue weighted by atomic mass is 32.2. The van der Waals surface area contributed by atoms with Crippen LogP contribution in [0, 0.1) is 11.3 Å². The zero-order chi connectivity index (χ0) is 23.1. The van der Waals surface area contributed by atoms with Crippen LogP contribution in [0.4, 0.5) is 5.69 Å². The van der Waals surface area contributed by atoms with Gasteiger partial charge >= 0.3 is 11.9 Å². The molecular formula is C23H24N4O4S. The van der Waals surface area contributed by atoms with Gasteiger partial charge in [0.15, 0.2) is 0 Å². The highest BCUT2D eigenvalue weighted by Crippen LogP contribution is 2.42. The average Bonchev–Trinajstić information content (AvgIpc) is 2.92. The highest BCUT2D eigenvalue weighted by molar-refractivity contribution is 8.07. The second-order valence-corrected chi connectivity index (χ2v) is 8.14. The predicted molar refractivity (Wildman–Crippen MR) is 123 cm³/mol. The summed E-state index contributed by atoms with van der Waals surface area (Å²) < 4.78 is 9.91. The van der Waals surface area contributed by atoms with Crippen LogP contribution in [0.2, 0.25) is 0 Å². The van der Waals surface area contributed by atoms with E-state index in [9.17, 15) is 14.9 Å². The highest BCUT2D eigenvalue weighted by Gasteiger charge is 2.36. The normalized spacial score (nSPS) is 18.2. The number of methoxy groups -OCH3 is 2. The number of hydrogen-bond acceptors (Lipinski definition) is 9. The molecule has 8 nitrogen and oxygen atoms in total. The van der Waals surface area contributed by atoms with Gasteiger partial charge in [-0.25, -0.2) is 9.59 Å². The van der Waals surface area contributed by atoms with Crippen molar-refractivity contribution in [2.45, 2.75) is 32.1 Å². The van der Waals surface area contributed by atoms with Gasteiger partial charge in [0.2, 0.25) is 0 Å². The van der Waals surface area contributed by atoms with Crippen molar-refractivity contribution in [1.29, 1.82) is 5.26 Å². The summed E-state index contributed by atoms with van der Waals surface area (Å²) in [5, 5.41) is 14.6. The van der Waals surface area contributed by atoms with Crippen LogP contribution < -0.4 is 11.2 Å². The minimum absolute atomic E-state index is 0.0101. The molecule has 0 saturated heterocycles. The number of nitrogens with zero attached hydrogens (tertiary/aromatic N) is 2. The molecule has 0 bridgehead atoms. The molecule has 1 aliphatic heterocycles. The molecule has 3 rings (SSSR count). The molecular weight excluding hydrogens is 428 g/mol. The van der Waals surface area contributed by atoms with Crippen LogP contribution in [0.1, 0.15) is 32.1 Å². The Balaban J connectivity index is 2.27. The molecule has 0 amide bonds. The molecule has 1 heterocycles. The largest absolute Gasteiger partial charge is 0.465 e. The molecule has 166 valence electrons. The van der Waals surface area contributed by atoms with Crippen LogP contribution in [0.5, 0.6) is 0 Å². The van der Waals surface area contributed by atoms with Crippen molar-refractivity contribution in [2.75, 3.05) is 19.6 Å². The smallest absolute Gasteiger partial charge is 0.341 e. The molecule has 32 heavy (non-hydrogen) atoms. The number of benzene rings is 1. The SMILES string of the molecule is COC(=O)C1=C(N)SC(C#N)=C2C(=C1C(=O)OC)CCCCC/C2=N\Nc1ccccc1. The van der Waals surface area contributed by atoms with Gasteiger partial charge in [-0.15, -0.1) is 0 Å². The van der Waals surface area contributed by atoms with E-state index in [2.05, 4.69) is 16.6 Å². The van der Waals surface area contributed by atoms with Crippen LogP contribution in [0.3, 0.4) is 0 Å². The maximum absolute atomic E-state index is 12.9. The van der Waals surface area contributed by atoms with E-state index >= 15 is 0 Å². The number of nitrogens with two attached hydrogens (primary N) is 1. The molecule has 0 radical (unpaired) electrons. The van der Waals surface area contributed by atoms with Gasteiger partial charge in [-0.05, 0) is 43.4 Å². The van der Waals surface area contributed by atoms with Crippen molar-refractivity contribution < 1.29 is 19.1 Å². The number of hydrogen-bond donors (Lipinski definition) is 2. The number of carbonyl (C=O) groups is 2. The van der Waals surface area contributed by atoms with E-state index in [-0.39, 0.29) is 21.1 Å². The Morgan fingerprint density at radius 1 is 1.06 bits per heavy atom. The number of nitriles is 1. The number of hydrazone groups is 1. The van der Waals surface area contributed by atoms with E-state index in [0.29, 0.717) is 29.7 Å². The molecule has 0 spiro atoms. The third kappa shape index (κ3) is 4.86. The van der Waals surface area contributed by atoms with Crippen molar-refractivity contribution >= 4 is 35.1 Å². The fourth-order valence-corrected chi connectivity index (χ4v) is 4.56. The molecule has 9 heteroatoms. The van der Waals surface area contributed by atoms with Gasteiger partial charge in [0.05, 0.1) is 36.2 Å². The molecule has 1 saturated carbocycles. The van der Waals surface area contributed by atoms with E-state index in [1.54, 1.807) is 0 Å². The van der Waals surface area contributed by atoms with E-state index < -0.39 is 11.9 Å².